The van der Waals surface area contributed by atoms with E-state index in [-0.39, 0.29) is 4.90 Å². The maximum absolute atomic E-state index is 12.0. The topological polar surface area (TPSA) is 117 Å². The molecule has 186 valence electrons. The highest BCUT2D eigenvalue weighted by Crippen LogP contribution is 2.48. The average molecular weight is 556 g/mol. The fourth-order valence-electron chi connectivity index (χ4n) is 4.29. The van der Waals surface area contributed by atoms with Crippen molar-refractivity contribution in [3.63, 3.8) is 0 Å². The van der Waals surface area contributed by atoms with E-state index in [4.69, 9.17) is 44.4 Å². The van der Waals surface area contributed by atoms with E-state index in [0.29, 0.717) is 64.4 Å². The van der Waals surface area contributed by atoms with E-state index in [2.05, 4.69) is 4.90 Å². The molecule has 2 unspecified atom stereocenters. The Labute approximate surface area is 218 Å². The van der Waals surface area contributed by atoms with Crippen molar-refractivity contribution < 1.29 is 13.2 Å². The van der Waals surface area contributed by atoms with Gasteiger partial charge in [0.2, 0.25) is 5.96 Å². The second-order valence-electron chi connectivity index (χ2n) is 8.23. The minimum absolute atomic E-state index is 0.222. The molecule has 1 saturated heterocycles. The molecule has 5 rings (SSSR count). The summed E-state index contributed by atoms with van der Waals surface area (Å²) in [5.41, 5.74) is 14.8. The SMILES string of the molecule is CS(=O)(=O)c1ccc(N2C(N3CCOCC3)=NC3=C(C2N)N(c2c(Cl)cccc2Cl)C(N)S3)cc1. The Morgan fingerprint density at radius 1 is 1.03 bits per heavy atom. The van der Waals surface area contributed by atoms with Crippen molar-refractivity contribution in [2.24, 2.45) is 16.5 Å². The zero-order chi connectivity index (χ0) is 24.9. The third kappa shape index (κ3) is 4.50. The summed E-state index contributed by atoms with van der Waals surface area (Å²) in [6.45, 7) is 2.41. The summed E-state index contributed by atoms with van der Waals surface area (Å²) >= 11 is 14.4. The number of sulfone groups is 1. The summed E-state index contributed by atoms with van der Waals surface area (Å²) in [4.78, 5) is 11.0. The first-order valence-corrected chi connectivity index (χ1v) is 14.4. The number of aliphatic imine (C=N–C) groups is 1. The van der Waals surface area contributed by atoms with E-state index in [1.54, 1.807) is 42.5 Å². The molecule has 13 heteroatoms. The van der Waals surface area contributed by atoms with Crippen LogP contribution < -0.4 is 21.3 Å². The first-order chi connectivity index (χ1) is 16.7. The third-order valence-electron chi connectivity index (χ3n) is 5.96. The zero-order valence-electron chi connectivity index (χ0n) is 18.8. The van der Waals surface area contributed by atoms with Crippen molar-refractivity contribution in [1.29, 1.82) is 0 Å². The third-order valence-corrected chi connectivity index (χ3v) is 8.67. The van der Waals surface area contributed by atoms with Gasteiger partial charge in [0.1, 0.15) is 16.7 Å². The van der Waals surface area contributed by atoms with Gasteiger partial charge in [-0.2, -0.15) is 0 Å². The van der Waals surface area contributed by atoms with Gasteiger partial charge >= 0.3 is 0 Å². The van der Waals surface area contributed by atoms with Crippen molar-refractivity contribution in [2.45, 2.75) is 16.6 Å². The number of guanidine groups is 1. The minimum atomic E-state index is -3.35. The quantitative estimate of drug-likeness (QED) is 0.590. The maximum Gasteiger partial charge on any atom is 0.208 e. The average Bonchev–Trinajstić information content (AvgIpc) is 3.15. The summed E-state index contributed by atoms with van der Waals surface area (Å²) < 4.78 is 29.5. The molecule has 9 nitrogen and oxygen atoms in total. The van der Waals surface area contributed by atoms with Crippen molar-refractivity contribution >= 4 is 62.1 Å². The Hall–Kier alpha value is -1.99. The number of thioether (sulfide) groups is 1. The van der Waals surface area contributed by atoms with Crippen molar-refractivity contribution in [3.8, 4) is 0 Å². The van der Waals surface area contributed by atoms with Crippen LogP contribution in [0.4, 0.5) is 11.4 Å². The van der Waals surface area contributed by atoms with Crippen LogP contribution in [0.3, 0.4) is 0 Å². The molecule has 3 heterocycles. The number of hydrogen-bond acceptors (Lipinski definition) is 10. The van der Waals surface area contributed by atoms with Gasteiger partial charge in [0.15, 0.2) is 9.84 Å². The Morgan fingerprint density at radius 2 is 1.66 bits per heavy atom. The Bertz CT molecular complexity index is 1290. The lowest BCUT2D eigenvalue weighted by Gasteiger charge is -2.43. The van der Waals surface area contributed by atoms with Gasteiger partial charge in [0.05, 0.1) is 39.5 Å². The van der Waals surface area contributed by atoms with E-state index in [1.807, 2.05) is 9.80 Å². The maximum atomic E-state index is 12.0. The first-order valence-electron chi connectivity index (χ1n) is 10.8. The number of morpholine rings is 1. The fraction of sp³-hybridized carbons (Fsp3) is 0.318. The van der Waals surface area contributed by atoms with Gasteiger partial charge in [-0.25, -0.2) is 13.4 Å². The molecular weight excluding hydrogens is 531 g/mol. The van der Waals surface area contributed by atoms with Crippen LogP contribution in [0.1, 0.15) is 0 Å². The van der Waals surface area contributed by atoms with E-state index in [0.717, 1.165) is 0 Å². The Balaban J connectivity index is 1.63. The van der Waals surface area contributed by atoms with Crippen LogP contribution in [0.2, 0.25) is 10.0 Å². The Kier molecular flexibility index (Phi) is 6.68. The monoisotopic (exact) mass is 554 g/mol. The molecule has 1 fully saturated rings. The van der Waals surface area contributed by atoms with Gasteiger partial charge in [-0.05, 0) is 36.4 Å². The van der Waals surface area contributed by atoms with Gasteiger partial charge < -0.3 is 26.0 Å². The molecule has 4 N–H and O–H groups in total. The molecular formula is C22H24Cl2N6O3S2. The smallest absolute Gasteiger partial charge is 0.208 e. The Morgan fingerprint density at radius 3 is 2.26 bits per heavy atom. The molecule has 3 aliphatic rings. The highest BCUT2D eigenvalue weighted by Gasteiger charge is 2.44. The van der Waals surface area contributed by atoms with Gasteiger partial charge in [-0.3, -0.25) is 4.90 Å². The standard InChI is InChI=1S/C22H24Cl2N6O3S2/c1-35(31,32)14-7-5-13(6-8-14)29-19(25)18-20(27-22(29)28-9-11-33-12-10-28)34-21(26)30(18)17-15(23)3-2-4-16(17)24/h2-8,19,21H,9-12,25-26H2,1H3. The fourth-order valence-corrected chi connectivity index (χ4v) is 6.53. The molecule has 0 amide bonds. The molecule has 2 aromatic rings. The van der Waals surface area contributed by atoms with E-state index >= 15 is 0 Å². The molecule has 3 aliphatic heterocycles. The van der Waals surface area contributed by atoms with Crippen molar-refractivity contribution in [2.75, 3.05) is 42.4 Å². The van der Waals surface area contributed by atoms with E-state index < -0.39 is 21.5 Å². The van der Waals surface area contributed by atoms with Crippen molar-refractivity contribution in [3.05, 3.63) is 63.2 Å². The number of nitrogens with zero attached hydrogens (tertiary/aromatic N) is 4. The number of halogens is 2. The summed E-state index contributed by atoms with van der Waals surface area (Å²) in [6.07, 6.45) is 0.479. The van der Waals surface area contributed by atoms with Crippen LogP contribution in [-0.4, -0.2) is 63.5 Å². The minimum Gasteiger partial charge on any atom is -0.378 e. The molecule has 2 aromatic carbocycles. The molecule has 0 saturated carbocycles. The molecule has 0 bridgehead atoms. The van der Waals surface area contributed by atoms with Crippen molar-refractivity contribution in [1.82, 2.24) is 4.90 Å². The van der Waals surface area contributed by atoms with Crippen LogP contribution in [0.5, 0.6) is 0 Å². The number of anilines is 2. The second-order valence-corrected chi connectivity index (χ2v) is 12.2. The first kappa shape index (κ1) is 24.7. The lowest BCUT2D eigenvalue weighted by atomic mass is 10.2. The van der Waals surface area contributed by atoms with Gasteiger partial charge in [0.25, 0.3) is 0 Å². The number of rotatable bonds is 3. The largest absolute Gasteiger partial charge is 0.378 e. The van der Waals surface area contributed by atoms with E-state index in [1.165, 1.54) is 18.0 Å². The highest BCUT2D eigenvalue weighted by molar-refractivity contribution is 8.04. The van der Waals surface area contributed by atoms with Crippen LogP contribution >= 0.6 is 35.0 Å². The zero-order valence-corrected chi connectivity index (χ0v) is 21.9. The normalized spacial score (nSPS) is 23.0. The van der Waals surface area contributed by atoms with Crippen LogP contribution in [-0.2, 0) is 14.6 Å². The summed E-state index contributed by atoms with van der Waals surface area (Å²) in [5, 5.41) is 1.58. The number of benzene rings is 2. The van der Waals surface area contributed by atoms with Crippen LogP contribution in [0, 0.1) is 0 Å². The molecule has 35 heavy (non-hydrogen) atoms. The van der Waals surface area contributed by atoms with Gasteiger partial charge in [-0.15, -0.1) is 0 Å². The lowest BCUT2D eigenvalue weighted by Crippen LogP contribution is -2.59. The van der Waals surface area contributed by atoms with Gasteiger partial charge in [-0.1, -0.05) is 41.0 Å². The molecule has 0 aromatic heterocycles. The number of para-hydroxylation sites is 1. The molecule has 0 aliphatic carbocycles. The summed E-state index contributed by atoms with van der Waals surface area (Å²) in [5.74, 6) is 0.651. The second kappa shape index (κ2) is 9.47. The molecule has 2 atom stereocenters. The van der Waals surface area contributed by atoms with E-state index in [9.17, 15) is 8.42 Å². The van der Waals surface area contributed by atoms with Gasteiger partial charge in [0, 0.05) is 25.0 Å². The predicted octanol–water partition coefficient (Wildman–Crippen LogP) is 2.85. The van der Waals surface area contributed by atoms with Crippen LogP contribution in [0.15, 0.2) is 63.1 Å². The highest BCUT2D eigenvalue weighted by atomic mass is 35.5. The summed E-state index contributed by atoms with van der Waals surface area (Å²) in [6, 6.07) is 11.9. The summed E-state index contributed by atoms with van der Waals surface area (Å²) in [7, 11) is -3.35. The molecule has 0 radical (unpaired) electrons. The van der Waals surface area contributed by atoms with Crippen LogP contribution in [0.25, 0.3) is 0 Å². The lowest BCUT2D eigenvalue weighted by molar-refractivity contribution is 0.0670. The predicted molar refractivity (Wildman–Crippen MR) is 141 cm³/mol. The number of ether oxygens (including phenoxy) is 1. The molecule has 0 spiro atoms. The number of nitrogens with two attached hydrogens (primary N) is 2. The number of hydrogen-bond donors (Lipinski definition) is 2.